The van der Waals surface area contributed by atoms with Crippen LogP contribution in [-0.2, 0) is 0 Å². The first-order chi connectivity index (χ1) is 10.3. The molecule has 3 heterocycles. The minimum Gasteiger partial charge on any atom is -0.322 e. The number of aromatic nitrogens is 4. The average molecular weight is 299 g/mol. The number of nitrogens with zero attached hydrogens (tertiary/aromatic N) is 4. The minimum absolute atomic E-state index is 0.158. The van der Waals surface area contributed by atoms with Gasteiger partial charge in [-0.1, -0.05) is 23.3 Å². The smallest absolute Gasteiger partial charge is 0.248 e. The van der Waals surface area contributed by atoms with Crippen LogP contribution in [0.4, 0.5) is 10.3 Å². The van der Waals surface area contributed by atoms with Gasteiger partial charge in [-0.05, 0) is 45.6 Å². The van der Waals surface area contributed by atoms with Crippen molar-refractivity contribution in [2.75, 3.05) is 5.32 Å². The first-order valence-corrected chi connectivity index (χ1v) is 7.25. The van der Waals surface area contributed by atoms with Crippen LogP contribution in [0.2, 0.25) is 0 Å². The molecule has 7 heteroatoms. The number of hydrogen-bond donors (Lipinski definition) is 1. The van der Waals surface area contributed by atoms with Gasteiger partial charge in [0.25, 0.3) is 0 Å². The van der Waals surface area contributed by atoms with Gasteiger partial charge in [0.2, 0.25) is 5.95 Å². The van der Waals surface area contributed by atoms with E-state index in [9.17, 15) is 4.39 Å². The molecule has 0 fully saturated rings. The molecule has 1 N–H and O–H groups in total. The van der Waals surface area contributed by atoms with Crippen LogP contribution in [0.1, 0.15) is 16.5 Å². The lowest BCUT2D eigenvalue weighted by molar-refractivity contribution is 0.582. The van der Waals surface area contributed by atoms with Crippen LogP contribution >= 0.6 is 11.3 Å². The van der Waals surface area contributed by atoms with Crippen molar-refractivity contribution in [2.24, 2.45) is 0 Å². The lowest BCUT2D eigenvalue weighted by Crippen LogP contribution is -2.19. The maximum Gasteiger partial charge on any atom is 0.248 e. The highest BCUT2D eigenvalue weighted by Crippen LogP contribution is 2.32. The van der Waals surface area contributed by atoms with Crippen molar-refractivity contribution in [3.05, 3.63) is 64.1 Å². The summed E-state index contributed by atoms with van der Waals surface area (Å²) in [6.45, 7) is 0. The molecule has 0 spiro atoms. The molecule has 1 aliphatic heterocycles. The largest absolute Gasteiger partial charge is 0.322 e. The van der Waals surface area contributed by atoms with Crippen LogP contribution in [0.5, 0.6) is 0 Å². The summed E-state index contributed by atoms with van der Waals surface area (Å²) in [6, 6.07) is 10.3. The quantitative estimate of drug-likeness (QED) is 0.790. The SMILES string of the molecule is Fc1ccc(C2C=C(c3cccs3)Nc3nnnn32)cc1. The number of rotatable bonds is 2. The van der Waals surface area contributed by atoms with Crippen molar-refractivity contribution in [1.29, 1.82) is 0 Å². The van der Waals surface area contributed by atoms with Crippen LogP contribution in [-0.4, -0.2) is 20.2 Å². The van der Waals surface area contributed by atoms with E-state index in [4.69, 9.17) is 0 Å². The molecule has 0 saturated heterocycles. The molecule has 2 aromatic heterocycles. The number of thiophene rings is 1. The molecular formula is C14H10FN5S. The maximum atomic E-state index is 13.1. The molecule has 0 amide bonds. The third kappa shape index (κ3) is 2.11. The zero-order valence-corrected chi connectivity index (χ0v) is 11.6. The van der Waals surface area contributed by atoms with Crippen molar-refractivity contribution in [3.63, 3.8) is 0 Å². The number of halogens is 1. The highest BCUT2D eigenvalue weighted by atomic mass is 32.1. The van der Waals surface area contributed by atoms with Crippen LogP contribution in [0, 0.1) is 5.82 Å². The summed E-state index contributed by atoms with van der Waals surface area (Å²) in [4.78, 5) is 1.11. The predicted molar refractivity (Wildman–Crippen MR) is 78.3 cm³/mol. The molecule has 0 bridgehead atoms. The van der Waals surface area contributed by atoms with E-state index in [0.29, 0.717) is 5.95 Å². The highest BCUT2D eigenvalue weighted by molar-refractivity contribution is 7.11. The molecule has 1 atom stereocenters. The molecule has 0 radical (unpaired) electrons. The summed E-state index contributed by atoms with van der Waals surface area (Å²) < 4.78 is 14.8. The average Bonchev–Trinajstić information content (AvgIpc) is 3.18. The van der Waals surface area contributed by atoms with E-state index < -0.39 is 0 Å². The fourth-order valence-electron chi connectivity index (χ4n) is 2.33. The third-order valence-corrected chi connectivity index (χ3v) is 4.23. The molecule has 1 aromatic carbocycles. The topological polar surface area (TPSA) is 55.6 Å². The second-order valence-corrected chi connectivity index (χ2v) is 5.57. The number of anilines is 1. The second-order valence-electron chi connectivity index (χ2n) is 4.63. The van der Waals surface area contributed by atoms with Crippen LogP contribution < -0.4 is 5.32 Å². The number of allylic oxidation sites excluding steroid dienone is 1. The van der Waals surface area contributed by atoms with Crippen molar-refractivity contribution < 1.29 is 4.39 Å². The van der Waals surface area contributed by atoms with Crippen molar-refractivity contribution in [2.45, 2.75) is 6.04 Å². The van der Waals surface area contributed by atoms with E-state index in [1.54, 1.807) is 28.2 Å². The van der Waals surface area contributed by atoms with Crippen LogP contribution in [0.3, 0.4) is 0 Å². The monoisotopic (exact) mass is 299 g/mol. The Balaban J connectivity index is 1.82. The first kappa shape index (κ1) is 12.2. The molecule has 0 aliphatic carbocycles. The van der Waals surface area contributed by atoms with Gasteiger partial charge in [0, 0.05) is 0 Å². The fraction of sp³-hybridized carbons (Fsp3) is 0.0714. The molecule has 1 unspecified atom stereocenters. The summed E-state index contributed by atoms with van der Waals surface area (Å²) >= 11 is 1.64. The van der Waals surface area contributed by atoms with E-state index in [-0.39, 0.29) is 11.9 Å². The van der Waals surface area contributed by atoms with Gasteiger partial charge in [0.05, 0.1) is 10.6 Å². The summed E-state index contributed by atoms with van der Waals surface area (Å²) in [7, 11) is 0. The van der Waals surface area contributed by atoms with E-state index in [1.165, 1.54) is 12.1 Å². The van der Waals surface area contributed by atoms with Gasteiger partial charge in [0.15, 0.2) is 0 Å². The van der Waals surface area contributed by atoms with E-state index in [0.717, 1.165) is 16.1 Å². The molecule has 3 aromatic rings. The van der Waals surface area contributed by atoms with E-state index in [1.807, 2.05) is 23.6 Å². The Labute approximate surface area is 123 Å². The van der Waals surface area contributed by atoms with Crippen molar-refractivity contribution >= 4 is 23.0 Å². The van der Waals surface area contributed by atoms with Gasteiger partial charge in [-0.25, -0.2) is 4.39 Å². The molecule has 0 saturated carbocycles. The molecule has 1 aliphatic rings. The maximum absolute atomic E-state index is 13.1. The Morgan fingerprint density at radius 3 is 2.81 bits per heavy atom. The van der Waals surface area contributed by atoms with Gasteiger partial charge in [-0.3, -0.25) is 0 Å². The molecule has 21 heavy (non-hydrogen) atoms. The Morgan fingerprint density at radius 1 is 1.19 bits per heavy atom. The number of hydrogen-bond acceptors (Lipinski definition) is 5. The van der Waals surface area contributed by atoms with E-state index >= 15 is 0 Å². The second kappa shape index (κ2) is 4.78. The normalized spacial score (nSPS) is 17.0. The number of benzene rings is 1. The number of fused-ring (bicyclic) bond motifs is 1. The predicted octanol–water partition coefficient (Wildman–Crippen LogP) is 2.93. The lowest BCUT2D eigenvalue weighted by atomic mass is 10.0. The number of tetrazole rings is 1. The van der Waals surface area contributed by atoms with Crippen molar-refractivity contribution in [3.8, 4) is 0 Å². The molecular weight excluding hydrogens is 289 g/mol. The Hall–Kier alpha value is -2.54. The van der Waals surface area contributed by atoms with Crippen LogP contribution in [0.25, 0.3) is 5.70 Å². The Morgan fingerprint density at radius 2 is 2.05 bits per heavy atom. The third-order valence-electron chi connectivity index (χ3n) is 3.33. The summed E-state index contributed by atoms with van der Waals surface area (Å²) in [5.41, 5.74) is 1.89. The summed E-state index contributed by atoms with van der Waals surface area (Å²) in [5, 5.41) is 16.9. The summed E-state index contributed by atoms with van der Waals surface area (Å²) in [5.74, 6) is 0.322. The summed E-state index contributed by atoms with van der Waals surface area (Å²) in [6.07, 6.45) is 2.04. The minimum atomic E-state index is -0.257. The van der Waals surface area contributed by atoms with Gasteiger partial charge in [-0.15, -0.1) is 11.3 Å². The van der Waals surface area contributed by atoms with Gasteiger partial charge < -0.3 is 5.32 Å². The highest BCUT2D eigenvalue weighted by Gasteiger charge is 2.24. The molecule has 104 valence electrons. The number of nitrogens with one attached hydrogen (secondary N) is 1. The standard InChI is InChI=1S/C14H10FN5S/c15-10-5-3-9(4-6-10)12-8-11(13-2-1-7-21-13)16-14-17-18-19-20(12)14/h1-8,12H,(H,16,17,19). The fourth-order valence-corrected chi connectivity index (χ4v) is 3.03. The van der Waals surface area contributed by atoms with Crippen molar-refractivity contribution in [1.82, 2.24) is 20.2 Å². The molecule has 5 nitrogen and oxygen atoms in total. The van der Waals surface area contributed by atoms with E-state index in [2.05, 4.69) is 20.8 Å². The zero-order valence-electron chi connectivity index (χ0n) is 10.8. The molecule has 4 rings (SSSR count). The lowest BCUT2D eigenvalue weighted by Gasteiger charge is -2.22. The first-order valence-electron chi connectivity index (χ1n) is 6.37. The van der Waals surface area contributed by atoms with Crippen LogP contribution in [0.15, 0.2) is 47.9 Å². The Bertz CT molecular complexity index is 791. The van der Waals surface area contributed by atoms with Gasteiger partial charge >= 0.3 is 0 Å². The van der Waals surface area contributed by atoms with Gasteiger partial charge in [0.1, 0.15) is 11.9 Å². The van der Waals surface area contributed by atoms with Gasteiger partial charge in [-0.2, -0.15) is 4.68 Å². The zero-order chi connectivity index (χ0) is 14.2. The Kier molecular flexibility index (Phi) is 2.78.